The van der Waals surface area contributed by atoms with Crippen molar-refractivity contribution in [1.82, 2.24) is 15.1 Å². The summed E-state index contributed by atoms with van der Waals surface area (Å²) in [4.78, 5) is 135. The molecular weight excluding hydrogens is 1110 g/mol. The second kappa shape index (κ2) is 25.5. The number of benzene rings is 5. The SMILES string of the molecule is C=CC(=O)OCC(COC(=O)C=C)OC(=O)CCC(=O)OCC(CC(C)C)N1C(=O)c2cc(Cl)c3c4c(Cl)cc5c6c(cc(Cl)c(c7c(Cl)cc(c2c37)C1=O)c64)C(=O)N(C(COC(=O)CCCCCNC(C)=O)CC(C)C)C5=O. The van der Waals surface area contributed by atoms with Crippen LogP contribution in [0.3, 0.4) is 0 Å². The zero-order valence-electron chi connectivity index (χ0n) is 44.0. The van der Waals surface area contributed by atoms with E-state index in [1.165, 1.54) is 31.2 Å². The molecule has 0 bridgehead atoms. The average Bonchev–Trinajstić information content (AvgIpc) is 3.42. The van der Waals surface area contributed by atoms with Gasteiger partial charge in [0, 0.05) is 95.2 Å². The molecule has 5 amide bonds. The van der Waals surface area contributed by atoms with Gasteiger partial charge in [0.15, 0.2) is 6.10 Å². The molecule has 2 unspecified atom stereocenters. The van der Waals surface area contributed by atoms with E-state index >= 15 is 0 Å². The lowest BCUT2D eigenvalue weighted by Gasteiger charge is -2.36. The number of carbonyl (C=O) groups excluding carboxylic acids is 10. The van der Waals surface area contributed by atoms with Gasteiger partial charge in [0.2, 0.25) is 5.91 Å². The van der Waals surface area contributed by atoms with E-state index in [9.17, 15) is 47.9 Å². The Bertz CT molecular complexity index is 3220. The third kappa shape index (κ3) is 12.8. The first-order chi connectivity index (χ1) is 37.5. The summed E-state index contributed by atoms with van der Waals surface area (Å²) in [7, 11) is 0. The molecule has 2 aliphatic rings. The van der Waals surface area contributed by atoms with Gasteiger partial charge in [0.25, 0.3) is 23.6 Å². The number of nitrogens with zero attached hydrogens (tertiary/aromatic N) is 2. The molecule has 22 heteroatoms. The number of carbonyl (C=O) groups is 10. The molecular formula is C57H57Cl4N3O15. The van der Waals surface area contributed by atoms with E-state index < -0.39 is 104 Å². The molecule has 0 aliphatic carbocycles. The minimum atomic E-state index is -1.23. The number of fused-ring (bicyclic) bond motifs is 2. The van der Waals surface area contributed by atoms with E-state index in [0.29, 0.717) is 37.6 Å². The number of unbranched alkanes of at least 4 members (excludes halogenated alkanes) is 2. The number of hydrogen-bond acceptors (Lipinski definition) is 15. The Morgan fingerprint density at radius 2 is 0.873 bits per heavy atom. The van der Waals surface area contributed by atoms with Crippen LogP contribution in [0.1, 0.15) is 127 Å². The third-order valence-electron chi connectivity index (χ3n) is 13.4. The van der Waals surface area contributed by atoms with Crippen molar-refractivity contribution in [3.8, 4) is 0 Å². The van der Waals surface area contributed by atoms with Gasteiger partial charge in [-0.15, -0.1) is 0 Å². The van der Waals surface area contributed by atoms with Crippen molar-refractivity contribution in [2.75, 3.05) is 33.0 Å². The minimum absolute atomic E-state index is 0.00400. The Morgan fingerprint density at radius 1 is 0.506 bits per heavy atom. The Kier molecular flexibility index (Phi) is 19.3. The van der Waals surface area contributed by atoms with Crippen molar-refractivity contribution in [2.45, 2.75) is 104 Å². The van der Waals surface area contributed by atoms with Gasteiger partial charge in [0.05, 0.1) is 47.2 Å². The molecule has 0 aromatic heterocycles. The first kappa shape index (κ1) is 59.8. The first-order valence-corrected chi connectivity index (χ1v) is 27.1. The third-order valence-corrected chi connectivity index (χ3v) is 14.6. The molecule has 18 nitrogen and oxygen atoms in total. The number of amides is 5. The van der Waals surface area contributed by atoms with Gasteiger partial charge < -0.3 is 29.0 Å². The molecule has 1 N–H and O–H groups in total. The number of halogens is 4. The molecule has 79 heavy (non-hydrogen) atoms. The molecule has 0 fully saturated rings. The summed E-state index contributed by atoms with van der Waals surface area (Å²) in [5, 5.41) is 4.82. The first-order valence-electron chi connectivity index (χ1n) is 25.6. The average molecular weight is 1170 g/mol. The van der Waals surface area contributed by atoms with E-state index in [4.69, 9.17) is 70.1 Å². The van der Waals surface area contributed by atoms with Gasteiger partial charge in [-0.3, -0.25) is 48.2 Å². The molecule has 0 saturated carbocycles. The van der Waals surface area contributed by atoms with E-state index in [1.807, 2.05) is 27.7 Å². The highest BCUT2D eigenvalue weighted by molar-refractivity contribution is 6.56. The van der Waals surface area contributed by atoms with Crippen molar-refractivity contribution >= 4 is 149 Å². The number of imide groups is 2. The maximum Gasteiger partial charge on any atom is 0.330 e. The van der Waals surface area contributed by atoms with Crippen LogP contribution in [-0.4, -0.2) is 120 Å². The number of rotatable bonds is 26. The molecule has 2 heterocycles. The Morgan fingerprint density at radius 3 is 1.23 bits per heavy atom. The standard InChI is InChI=1S/C57H57Cl4N3O15/c1-8-41(66)77-25-32(26-78-42(67)9-2)79-45(70)15-14-44(69)76-24-31(18-28(5)6)64-56(73)35-21-39(60)50-48-37(58)19-33-46-34(20-38(59)49(52(46)48)51-40(61)22-36(57(64)74)47(35)53(50)51)55(72)63(54(33)71)30(17-27(3)4)23-75-43(68)13-11-10-12-16-62-29(7)65/h8-9,19-22,27-28,30-32H,1-2,10-18,23-26H2,3-7H3,(H,62,65). The van der Waals surface area contributed by atoms with Crippen LogP contribution in [-0.2, 0) is 52.5 Å². The summed E-state index contributed by atoms with van der Waals surface area (Å²) in [5.74, 6) is -7.18. The van der Waals surface area contributed by atoms with Gasteiger partial charge in [-0.1, -0.05) is 93.7 Å². The molecule has 5 aromatic rings. The minimum Gasteiger partial charge on any atom is -0.463 e. The Hall–Kier alpha value is -6.86. The van der Waals surface area contributed by atoms with E-state index in [-0.39, 0.29) is 117 Å². The van der Waals surface area contributed by atoms with Gasteiger partial charge in [0.1, 0.15) is 26.4 Å². The predicted molar refractivity (Wildman–Crippen MR) is 296 cm³/mol. The number of esters is 5. The van der Waals surface area contributed by atoms with Crippen molar-refractivity contribution in [2.24, 2.45) is 11.8 Å². The molecule has 0 saturated heterocycles. The second-order valence-corrected chi connectivity index (χ2v) is 21.7. The van der Waals surface area contributed by atoms with E-state index in [1.54, 1.807) is 0 Å². The van der Waals surface area contributed by atoms with Gasteiger partial charge in [-0.25, -0.2) is 9.59 Å². The summed E-state index contributed by atoms with van der Waals surface area (Å²) in [5.41, 5.74) is 0.145. The van der Waals surface area contributed by atoms with E-state index in [0.717, 1.165) is 22.0 Å². The van der Waals surface area contributed by atoms with Crippen molar-refractivity contribution in [1.29, 1.82) is 0 Å². The summed E-state index contributed by atoms with van der Waals surface area (Å²) >= 11 is 29.0. The largest absolute Gasteiger partial charge is 0.463 e. The van der Waals surface area contributed by atoms with Gasteiger partial charge in [-0.2, -0.15) is 0 Å². The lowest BCUT2D eigenvalue weighted by atomic mass is 9.81. The smallest absolute Gasteiger partial charge is 0.330 e. The molecule has 5 aromatic carbocycles. The summed E-state index contributed by atoms with van der Waals surface area (Å²) < 4.78 is 26.4. The monoisotopic (exact) mass is 1160 g/mol. The normalized spacial score (nSPS) is 14.0. The molecule has 0 spiro atoms. The van der Waals surface area contributed by atoms with Crippen molar-refractivity contribution in [3.63, 3.8) is 0 Å². The molecule has 0 radical (unpaired) electrons. The van der Waals surface area contributed by atoms with Crippen LogP contribution in [0.2, 0.25) is 20.1 Å². The van der Waals surface area contributed by atoms with Crippen LogP contribution in [0.25, 0.3) is 43.1 Å². The van der Waals surface area contributed by atoms with Crippen LogP contribution in [0, 0.1) is 11.8 Å². The van der Waals surface area contributed by atoms with Crippen molar-refractivity contribution < 1.29 is 71.6 Å². The zero-order valence-corrected chi connectivity index (χ0v) is 47.0. The number of nitrogens with one attached hydrogen (secondary N) is 1. The highest BCUT2D eigenvalue weighted by atomic mass is 35.5. The maximum absolute atomic E-state index is 14.9. The summed E-state index contributed by atoms with van der Waals surface area (Å²) in [6, 6.07) is 3.76. The van der Waals surface area contributed by atoms with Crippen LogP contribution in [0.5, 0.6) is 0 Å². The maximum atomic E-state index is 14.9. The lowest BCUT2D eigenvalue weighted by molar-refractivity contribution is -0.165. The fraction of sp³-hybridized carbons (Fsp3) is 0.404. The van der Waals surface area contributed by atoms with Gasteiger partial charge >= 0.3 is 29.8 Å². The summed E-state index contributed by atoms with van der Waals surface area (Å²) in [6.45, 7) is 14.3. The molecule has 7 rings (SSSR count). The van der Waals surface area contributed by atoms with Crippen LogP contribution >= 0.6 is 46.4 Å². The molecule has 2 atom stereocenters. The fourth-order valence-corrected chi connectivity index (χ4v) is 11.3. The zero-order chi connectivity index (χ0) is 57.7. The molecule has 2 aliphatic heterocycles. The van der Waals surface area contributed by atoms with Crippen LogP contribution < -0.4 is 5.32 Å². The Labute approximate surface area is 474 Å². The fourth-order valence-electron chi connectivity index (χ4n) is 10.1. The highest BCUT2D eigenvalue weighted by Gasteiger charge is 2.43. The number of ether oxygens (including phenoxy) is 5. The topological polar surface area (TPSA) is 235 Å². The second-order valence-electron chi connectivity index (χ2n) is 20.1. The van der Waals surface area contributed by atoms with E-state index in [2.05, 4.69) is 18.5 Å². The van der Waals surface area contributed by atoms with Crippen LogP contribution in [0.4, 0.5) is 0 Å². The van der Waals surface area contributed by atoms with Crippen molar-refractivity contribution in [3.05, 3.63) is 91.9 Å². The van der Waals surface area contributed by atoms with Crippen LogP contribution in [0.15, 0.2) is 49.6 Å². The lowest BCUT2D eigenvalue weighted by Crippen LogP contribution is -2.50. The van der Waals surface area contributed by atoms with Gasteiger partial charge in [-0.05, 0) is 61.8 Å². The highest BCUT2D eigenvalue weighted by Crippen LogP contribution is 2.54. The summed E-state index contributed by atoms with van der Waals surface area (Å²) in [6.07, 6.45) is 1.97. The molecule has 418 valence electrons. The number of hydrogen-bond donors (Lipinski definition) is 1. The quantitative estimate of drug-likeness (QED) is 0.0103. The Balaban J connectivity index is 1.18. The predicted octanol–water partition coefficient (Wildman–Crippen LogP) is 10.3.